The van der Waals surface area contributed by atoms with E-state index in [-0.39, 0.29) is 0 Å². The van der Waals surface area contributed by atoms with Crippen LogP contribution in [-0.2, 0) is 0 Å². The predicted molar refractivity (Wildman–Crippen MR) is 78.2 cm³/mol. The van der Waals surface area contributed by atoms with Gasteiger partial charge in [-0.05, 0) is 35.7 Å². The summed E-state index contributed by atoms with van der Waals surface area (Å²) in [6, 6.07) is 10.9. The molecule has 0 fully saturated rings. The molecule has 0 saturated heterocycles. The van der Waals surface area contributed by atoms with Crippen LogP contribution in [0.15, 0.2) is 35.7 Å². The SMILES string of the molecule is CNc1nc(Oc2ccc(C#N)cc2)c2ccsc2n1. The lowest BCUT2D eigenvalue weighted by molar-refractivity contribution is 0.469. The molecule has 1 aromatic carbocycles. The van der Waals surface area contributed by atoms with Crippen molar-refractivity contribution in [3.05, 3.63) is 41.3 Å². The standard InChI is InChI=1S/C14H10N4OS/c1-16-14-17-12(11-6-7-20-13(11)18-14)19-10-4-2-9(8-15)3-5-10/h2-7H,1H3,(H,16,17,18). The quantitative estimate of drug-likeness (QED) is 0.797. The molecule has 5 nitrogen and oxygen atoms in total. The molecule has 0 atom stereocenters. The number of ether oxygens (including phenoxy) is 1. The molecule has 6 heteroatoms. The molecular weight excluding hydrogens is 272 g/mol. The fourth-order valence-electron chi connectivity index (χ4n) is 1.73. The van der Waals surface area contributed by atoms with Gasteiger partial charge >= 0.3 is 0 Å². The topological polar surface area (TPSA) is 70.8 Å². The first-order valence-corrected chi connectivity index (χ1v) is 6.79. The van der Waals surface area contributed by atoms with E-state index in [0.717, 1.165) is 10.2 Å². The van der Waals surface area contributed by atoms with Crippen molar-refractivity contribution < 1.29 is 4.74 Å². The molecular formula is C14H10N4OS. The summed E-state index contributed by atoms with van der Waals surface area (Å²) in [4.78, 5) is 9.55. The third-order valence-electron chi connectivity index (χ3n) is 2.71. The Bertz CT molecular complexity index is 789. The number of thiophene rings is 1. The van der Waals surface area contributed by atoms with E-state index < -0.39 is 0 Å². The van der Waals surface area contributed by atoms with Gasteiger partial charge in [-0.15, -0.1) is 11.3 Å². The number of nitriles is 1. The zero-order valence-electron chi connectivity index (χ0n) is 10.6. The van der Waals surface area contributed by atoms with Gasteiger partial charge in [-0.3, -0.25) is 0 Å². The van der Waals surface area contributed by atoms with Crippen LogP contribution in [-0.4, -0.2) is 17.0 Å². The molecule has 20 heavy (non-hydrogen) atoms. The number of rotatable bonds is 3. The normalized spacial score (nSPS) is 10.2. The van der Waals surface area contributed by atoms with Crippen molar-refractivity contribution in [1.82, 2.24) is 9.97 Å². The molecule has 0 unspecified atom stereocenters. The van der Waals surface area contributed by atoms with Crippen molar-refractivity contribution in [2.45, 2.75) is 0 Å². The lowest BCUT2D eigenvalue weighted by Crippen LogP contribution is -1.98. The Labute approximate surface area is 119 Å². The molecule has 0 bridgehead atoms. The summed E-state index contributed by atoms with van der Waals surface area (Å²) < 4.78 is 5.80. The highest BCUT2D eigenvalue weighted by Gasteiger charge is 2.10. The van der Waals surface area contributed by atoms with Crippen LogP contribution in [0.25, 0.3) is 10.2 Å². The lowest BCUT2D eigenvalue weighted by atomic mass is 10.2. The maximum Gasteiger partial charge on any atom is 0.232 e. The molecule has 0 aliphatic heterocycles. The van der Waals surface area contributed by atoms with Crippen molar-refractivity contribution in [2.75, 3.05) is 12.4 Å². The van der Waals surface area contributed by atoms with Gasteiger partial charge < -0.3 is 10.1 Å². The van der Waals surface area contributed by atoms with Crippen LogP contribution in [0.1, 0.15) is 5.56 Å². The summed E-state index contributed by atoms with van der Waals surface area (Å²) >= 11 is 1.53. The zero-order valence-corrected chi connectivity index (χ0v) is 11.4. The summed E-state index contributed by atoms with van der Waals surface area (Å²) in [6.07, 6.45) is 0. The number of nitrogens with one attached hydrogen (secondary N) is 1. The van der Waals surface area contributed by atoms with Crippen LogP contribution in [0, 0.1) is 11.3 Å². The molecule has 0 aliphatic carbocycles. The van der Waals surface area contributed by atoms with Crippen LogP contribution in [0.3, 0.4) is 0 Å². The molecule has 3 aromatic rings. The Morgan fingerprint density at radius 2 is 2.00 bits per heavy atom. The Morgan fingerprint density at radius 1 is 1.20 bits per heavy atom. The molecule has 0 spiro atoms. The van der Waals surface area contributed by atoms with E-state index in [1.807, 2.05) is 11.4 Å². The minimum atomic E-state index is 0.505. The Hall–Kier alpha value is -2.65. The first kappa shape index (κ1) is 12.4. The first-order chi connectivity index (χ1) is 9.80. The van der Waals surface area contributed by atoms with Gasteiger partial charge in [0.1, 0.15) is 10.6 Å². The van der Waals surface area contributed by atoms with Crippen molar-refractivity contribution in [3.8, 4) is 17.7 Å². The maximum absolute atomic E-state index is 8.78. The molecule has 2 heterocycles. The third-order valence-corrected chi connectivity index (χ3v) is 3.52. The van der Waals surface area contributed by atoms with Gasteiger partial charge in [-0.25, -0.2) is 4.98 Å². The highest BCUT2D eigenvalue weighted by Crippen LogP contribution is 2.31. The van der Waals surface area contributed by atoms with Crippen LogP contribution in [0.2, 0.25) is 0 Å². The predicted octanol–water partition coefficient (Wildman–Crippen LogP) is 3.40. The summed E-state index contributed by atoms with van der Waals surface area (Å²) in [5, 5.41) is 14.5. The Balaban J connectivity index is 2.00. The van der Waals surface area contributed by atoms with E-state index in [0.29, 0.717) is 23.1 Å². The van der Waals surface area contributed by atoms with Crippen molar-refractivity contribution >= 4 is 27.5 Å². The van der Waals surface area contributed by atoms with Crippen molar-refractivity contribution in [3.63, 3.8) is 0 Å². The molecule has 0 aliphatic rings. The fourth-order valence-corrected chi connectivity index (χ4v) is 2.48. The summed E-state index contributed by atoms with van der Waals surface area (Å²) in [7, 11) is 1.76. The number of aromatic nitrogens is 2. The van der Waals surface area contributed by atoms with Crippen LogP contribution < -0.4 is 10.1 Å². The minimum Gasteiger partial charge on any atom is -0.438 e. The smallest absolute Gasteiger partial charge is 0.232 e. The van der Waals surface area contributed by atoms with Gasteiger partial charge in [0, 0.05) is 7.05 Å². The summed E-state index contributed by atoms with van der Waals surface area (Å²) in [6.45, 7) is 0. The number of anilines is 1. The average molecular weight is 282 g/mol. The van der Waals surface area contributed by atoms with Gasteiger partial charge in [0.15, 0.2) is 0 Å². The number of fused-ring (bicyclic) bond motifs is 1. The second kappa shape index (κ2) is 5.15. The molecule has 98 valence electrons. The van der Waals surface area contributed by atoms with E-state index in [2.05, 4.69) is 21.4 Å². The Kier molecular flexibility index (Phi) is 3.19. The van der Waals surface area contributed by atoms with E-state index in [1.165, 1.54) is 11.3 Å². The number of nitrogens with zero attached hydrogens (tertiary/aromatic N) is 3. The summed E-state index contributed by atoms with van der Waals surface area (Å²) in [5.74, 6) is 1.66. The summed E-state index contributed by atoms with van der Waals surface area (Å²) in [5.41, 5.74) is 0.594. The molecule has 0 saturated carbocycles. The molecule has 3 rings (SSSR count). The molecule has 0 amide bonds. The number of benzene rings is 1. The maximum atomic E-state index is 8.78. The van der Waals surface area contributed by atoms with Gasteiger partial charge in [0.2, 0.25) is 11.8 Å². The second-order valence-corrected chi connectivity index (χ2v) is 4.87. The lowest BCUT2D eigenvalue weighted by Gasteiger charge is -2.07. The highest BCUT2D eigenvalue weighted by molar-refractivity contribution is 7.16. The molecule has 2 aromatic heterocycles. The van der Waals surface area contributed by atoms with Crippen LogP contribution in [0.4, 0.5) is 5.95 Å². The van der Waals surface area contributed by atoms with Crippen molar-refractivity contribution in [1.29, 1.82) is 5.26 Å². The van der Waals surface area contributed by atoms with Crippen LogP contribution >= 0.6 is 11.3 Å². The number of hydrogen-bond acceptors (Lipinski definition) is 6. The second-order valence-electron chi connectivity index (χ2n) is 3.98. The highest BCUT2D eigenvalue weighted by atomic mass is 32.1. The van der Waals surface area contributed by atoms with Gasteiger partial charge in [-0.1, -0.05) is 0 Å². The fraction of sp³-hybridized carbons (Fsp3) is 0.0714. The largest absolute Gasteiger partial charge is 0.438 e. The van der Waals surface area contributed by atoms with E-state index in [9.17, 15) is 0 Å². The van der Waals surface area contributed by atoms with Gasteiger partial charge in [-0.2, -0.15) is 10.2 Å². The first-order valence-electron chi connectivity index (χ1n) is 5.91. The van der Waals surface area contributed by atoms with Gasteiger partial charge in [0.05, 0.1) is 17.0 Å². The minimum absolute atomic E-state index is 0.505. The van der Waals surface area contributed by atoms with E-state index in [1.54, 1.807) is 31.3 Å². The van der Waals surface area contributed by atoms with Crippen LogP contribution in [0.5, 0.6) is 11.6 Å². The van der Waals surface area contributed by atoms with E-state index >= 15 is 0 Å². The zero-order chi connectivity index (χ0) is 13.9. The molecule has 0 radical (unpaired) electrons. The monoisotopic (exact) mass is 282 g/mol. The average Bonchev–Trinajstić information content (AvgIpc) is 2.96. The van der Waals surface area contributed by atoms with Gasteiger partial charge in [0.25, 0.3) is 0 Å². The Morgan fingerprint density at radius 3 is 2.70 bits per heavy atom. The van der Waals surface area contributed by atoms with E-state index in [4.69, 9.17) is 10.00 Å². The molecule has 1 N–H and O–H groups in total. The number of hydrogen-bond donors (Lipinski definition) is 1. The van der Waals surface area contributed by atoms with Crippen molar-refractivity contribution in [2.24, 2.45) is 0 Å². The third kappa shape index (κ3) is 2.27.